The first-order valence-electron chi connectivity index (χ1n) is 10.7. The first-order valence-corrected chi connectivity index (χ1v) is 10.7. The van der Waals surface area contributed by atoms with Gasteiger partial charge in [-0.25, -0.2) is 9.48 Å². The van der Waals surface area contributed by atoms with E-state index in [-0.39, 0.29) is 29.1 Å². The number of hydrogen-bond donors (Lipinski definition) is 2. The molecule has 0 atom stereocenters. The molecular weight excluding hydrogens is 420 g/mol. The molecule has 0 saturated carbocycles. The molecule has 2 heterocycles. The monoisotopic (exact) mass is 450 g/mol. The largest absolute Gasteiger partial charge is 0.465 e. The number of hydrogen-bond acceptors (Lipinski definition) is 5. The average molecular weight is 451 g/mol. The van der Waals surface area contributed by atoms with Gasteiger partial charge < -0.3 is 15.0 Å². The highest BCUT2D eigenvalue weighted by Crippen LogP contribution is 2.23. The summed E-state index contributed by atoms with van der Waals surface area (Å²) in [5.74, 6) is -0.626. The van der Waals surface area contributed by atoms with E-state index >= 15 is 0 Å². The maximum atomic E-state index is 12.8. The maximum Gasteiger partial charge on any atom is 0.339 e. The molecule has 0 radical (unpaired) electrons. The fourth-order valence-corrected chi connectivity index (χ4v) is 3.72. The van der Waals surface area contributed by atoms with Gasteiger partial charge in [-0.05, 0) is 29.0 Å². The third-order valence-electron chi connectivity index (χ3n) is 5.54. The molecule has 8 nitrogen and oxygen atoms in total. The van der Waals surface area contributed by atoms with Gasteiger partial charge in [0.1, 0.15) is 5.82 Å². The number of ether oxygens (including phenoxy) is 1. The lowest BCUT2D eigenvalue weighted by Crippen LogP contribution is -2.19. The van der Waals surface area contributed by atoms with Gasteiger partial charge in [-0.2, -0.15) is 5.10 Å². The Labute approximate surface area is 193 Å². The molecule has 0 saturated heterocycles. The lowest BCUT2D eigenvalue weighted by atomic mass is 9.87. The molecule has 174 valence electrons. The Morgan fingerprint density at radius 3 is 2.36 bits per heavy atom. The molecule has 0 bridgehead atoms. The van der Waals surface area contributed by atoms with Crippen molar-refractivity contribution in [1.82, 2.24) is 14.8 Å². The van der Waals surface area contributed by atoms with Crippen molar-refractivity contribution in [2.75, 3.05) is 12.4 Å². The number of Topliss-reactive ketones (excluding diaryl/α,β-unsaturated/α-hetero) is 1. The number of carbonyl (C=O) groups is 3. The fraction of sp³-hybridized carbons (Fsp3) is 0.360. The molecule has 1 amide bonds. The maximum absolute atomic E-state index is 12.8. The van der Waals surface area contributed by atoms with E-state index in [2.05, 4.69) is 60.4 Å². The van der Waals surface area contributed by atoms with Crippen molar-refractivity contribution < 1.29 is 19.1 Å². The molecule has 33 heavy (non-hydrogen) atoms. The van der Waals surface area contributed by atoms with Crippen LogP contribution in [0.4, 0.5) is 5.82 Å². The molecule has 0 fully saturated rings. The van der Waals surface area contributed by atoms with E-state index in [0.29, 0.717) is 29.3 Å². The number of ketones is 1. The average Bonchev–Trinajstić information content (AvgIpc) is 3.30. The van der Waals surface area contributed by atoms with Crippen LogP contribution in [-0.4, -0.2) is 39.5 Å². The predicted molar refractivity (Wildman–Crippen MR) is 126 cm³/mol. The third kappa shape index (κ3) is 5.39. The molecule has 3 rings (SSSR count). The molecule has 0 aliphatic heterocycles. The van der Waals surface area contributed by atoms with Crippen LogP contribution in [0.3, 0.4) is 0 Å². The van der Waals surface area contributed by atoms with Gasteiger partial charge in [0.2, 0.25) is 5.91 Å². The van der Waals surface area contributed by atoms with Crippen LogP contribution in [0, 0.1) is 6.92 Å². The normalized spacial score (nSPS) is 11.3. The second kappa shape index (κ2) is 9.44. The quantitative estimate of drug-likeness (QED) is 0.417. The van der Waals surface area contributed by atoms with Crippen LogP contribution in [0.25, 0.3) is 0 Å². The highest BCUT2D eigenvalue weighted by atomic mass is 16.5. The van der Waals surface area contributed by atoms with Gasteiger partial charge in [-0.15, -0.1) is 0 Å². The Bertz CT molecular complexity index is 1180. The van der Waals surface area contributed by atoms with Crippen molar-refractivity contribution in [3.05, 3.63) is 70.2 Å². The first kappa shape index (κ1) is 24.0. The van der Waals surface area contributed by atoms with Gasteiger partial charge in [0, 0.05) is 18.7 Å². The second-order valence-electron chi connectivity index (χ2n) is 9.07. The van der Waals surface area contributed by atoms with Gasteiger partial charge >= 0.3 is 5.97 Å². The summed E-state index contributed by atoms with van der Waals surface area (Å²) >= 11 is 0. The number of rotatable bonds is 7. The van der Waals surface area contributed by atoms with Crippen LogP contribution in [0.5, 0.6) is 0 Å². The van der Waals surface area contributed by atoms with Crippen molar-refractivity contribution in [2.24, 2.45) is 0 Å². The number of methoxy groups -OCH3 is 1. The molecule has 0 aliphatic rings. The van der Waals surface area contributed by atoms with Crippen LogP contribution in [0.2, 0.25) is 0 Å². The number of benzene rings is 1. The molecule has 1 aromatic carbocycles. The van der Waals surface area contributed by atoms with E-state index in [1.54, 1.807) is 23.9 Å². The summed E-state index contributed by atoms with van der Waals surface area (Å²) in [7, 11) is 1.26. The third-order valence-corrected chi connectivity index (χ3v) is 5.54. The SMILES string of the molecule is COC(=O)c1c(CC(=O)Nc2ccnn2Cc2ccc(C(C)(C)C)cc2)[nH]c(C(C)=O)c1C. The molecule has 0 spiro atoms. The van der Waals surface area contributed by atoms with Gasteiger partial charge in [0.05, 0.1) is 37.5 Å². The van der Waals surface area contributed by atoms with Crippen molar-refractivity contribution in [1.29, 1.82) is 0 Å². The zero-order valence-corrected chi connectivity index (χ0v) is 19.9. The molecule has 0 aliphatic carbocycles. The summed E-state index contributed by atoms with van der Waals surface area (Å²) in [5.41, 5.74) is 3.69. The highest BCUT2D eigenvalue weighted by molar-refractivity contribution is 6.02. The van der Waals surface area contributed by atoms with Gasteiger partial charge in [0.25, 0.3) is 0 Å². The van der Waals surface area contributed by atoms with E-state index in [4.69, 9.17) is 4.74 Å². The van der Waals surface area contributed by atoms with E-state index in [1.807, 2.05) is 0 Å². The molecule has 2 aromatic heterocycles. The minimum Gasteiger partial charge on any atom is -0.465 e. The lowest BCUT2D eigenvalue weighted by molar-refractivity contribution is -0.115. The minimum absolute atomic E-state index is 0.0742. The zero-order valence-electron chi connectivity index (χ0n) is 19.9. The smallest absolute Gasteiger partial charge is 0.339 e. The molecule has 8 heteroatoms. The number of amides is 1. The minimum atomic E-state index is -0.595. The summed E-state index contributed by atoms with van der Waals surface area (Å²) in [6.45, 7) is 10.0. The number of aromatic amines is 1. The number of esters is 1. The number of nitrogens with zero attached hydrogens (tertiary/aromatic N) is 2. The predicted octanol–water partition coefficient (Wildman–Crippen LogP) is 4.04. The number of nitrogens with one attached hydrogen (secondary N) is 2. The second-order valence-corrected chi connectivity index (χ2v) is 9.07. The lowest BCUT2D eigenvalue weighted by Gasteiger charge is -2.19. The number of anilines is 1. The van der Waals surface area contributed by atoms with Crippen molar-refractivity contribution in [3.8, 4) is 0 Å². The number of carbonyl (C=O) groups excluding carboxylic acids is 3. The Morgan fingerprint density at radius 1 is 1.12 bits per heavy atom. The van der Waals surface area contributed by atoms with Crippen LogP contribution < -0.4 is 5.32 Å². The van der Waals surface area contributed by atoms with Crippen LogP contribution in [-0.2, 0) is 27.9 Å². The van der Waals surface area contributed by atoms with E-state index in [0.717, 1.165) is 5.56 Å². The van der Waals surface area contributed by atoms with Crippen LogP contribution >= 0.6 is 0 Å². The van der Waals surface area contributed by atoms with Gasteiger partial charge in [-0.3, -0.25) is 9.59 Å². The topological polar surface area (TPSA) is 106 Å². The van der Waals surface area contributed by atoms with Crippen molar-refractivity contribution in [3.63, 3.8) is 0 Å². The van der Waals surface area contributed by atoms with E-state index in [1.165, 1.54) is 19.6 Å². The highest BCUT2D eigenvalue weighted by Gasteiger charge is 2.24. The summed E-state index contributed by atoms with van der Waals surface area (Å²) < 4.78 is 6.54. The Morgan fingerprint density at radius 2 is 1.79 bits per heavy atom. The van der Waals surface area contributed by atoms with Crippen molar-refractivity contribution in [2.45, 2.75) is 53.0 Å². The number of H-pyrrole nitrogens is 1. The van der Waals surface area contributed by atoms with Crippen LogP contribution in [0.1, 0.15) is 70.9 Å². The summed E-state index contributed by atoms with van der Waals surface area (Å²) in [6, 6.07) is 10.0. The Kier molecular flexibility index (Phi) is 6.86. The Hall–Kier alpha value is -3.68. The molecule has 3 aromatic rings. The van der Waals surface area contributed by atoms with E-state index < -0.39 is 5.97 Å². The number of aromatic nitrogens is 3. The summed E-state index contributed by atoms with van der Waals surface area (Å²) in [4.78, 5) is 39.8. The zero-order chi connectivity index (χ0) is 24.3. The van der Waals surface area contributed by atoms with Gasteiger partial charge in [0.15, 0.2) is 5.78 Å². The van der Waals surface area contributed by atoms with Crippen LogP contribution in [0.15, 0.2) is 36.5 Å². The Balaban J connectivity index is 1.76. The molecule has 2 N–H and O–H groups in total. The summed E-state index contributed by atoms with van der Waals surface area (Å²) in [6.07, 6.45) is 1.50. The molecule has 0 unspecified atom stereocenters. The first-order chi connectivity index (χ1) is 15.5. The van der Waals surface area contributed by atoms with Gasteiger partial charge in [-0.1, -0.05) is 45.0 Å². The molecular formula is C25H30N4O4. The fourth-order valence-electron chi connectivity index (χ4n) is 3.72. The summed E-state index contributed by atoms with van der Waals surface area (Å²) in [5, 5.41) is 7.16. The van der Waals surface area contributed by atoms with E-state index in [9.17, 15) is 14.4 Å². The van der Waals surface area contributed by atoms with Crippen molar-refractivity contribution >= 4 is 23.5 Å². The standard InChI is InChI=1S/C25H30N4O4/c1-15-22(24(32)33-6)19(27-23(15)16(2)30)13-21(31)28-20-11-12-26-29(20)14-17-7-9-18(10-8-17)25(3,4)5/h7-12,27H,13-14H2,1-6H3,(H,28,31).